The maximum absolute atomic E-state index is 11.4. The molecule has 1 heterocycles. The zero-order valence-electron chi connectivity index (χ0n) is 11.1. The van der Waals surface area contributed by atoms with Gasteiger partial charge in [0.15, 0.2) is 0 Å². The lowest BCUT2D eigenvalue weighted by Gasteiger charge is -2.12. The summed E-state index contributed by atoms with van der Waals surface area (Å²) >= 11 is 0. The highest BCUT2D eigenvalue weighted by Crippen LogP contribution is 2.17. The first-order valence-electron chi connectivity index (χ1n) is 6.55. The first-order chi connectivity index (χ1) is 9.09. The normalized spacial score (nSPS) is 19.3. The Bertz CT molecular complexity index is 493. The van der Waals surface area contributed by atoms with Crippen molar-refractivity contribution >= 4 is 21.4 Å². The minimum Gasteiger partial charge on any atom is -0.382 e. The molecule has 2 rings (SSSR count). The summed E-state index contributed by atoms with van der Waals surface area (Å²) in [5.74, 6) is 0.0754. The highest BCUT2D eigenvalue weighted by molar-refractivity contribution is 7.92. The lowest BCUT2D eigenvalue weighted by atomic mass is 10.2. The molecule has 1 unspecified atom stereocenters. The molecule has 1 atom stereocenters. The SMILES string of the molecule is CCS(=O)(=O)Nc1ccc(NCC2CCCO2)cc1. The van der Waals surface area contributed by atoms with E-state index in [1.807, 2.05) is 12.1 Å². The van der Waals surface area contributed by atoms with Gasteiger partial charge in [-0.1, -0.05) is 0 Å². The fourth-order valence-electron chi connectivity index (χ4n) is 1.94. The van der Waals surface area contributed by atoms with Crippen LogP contribution in [0.2, 0.25) is 0 Å². The van der Waals surface area contributed by atoms with Gasteiger partial charge in [0.1, 0.15) is 0 Å². The van der Waals surface area contributed by atoms with Crippen LogP contribution in [0.1, 0.15) is 19.8 Å². The van der Waals surface area contributed by atoms with Gasteiger partial charge in [-0.3, -0.25) is 4.72 Å². The van der Waals surface area contributed by atoms with Gasteiger partial charge in [0.2, 0.25) is 10.0 Å². The zero-order valence-corrected chi connectivity index (χ0v) is 11.9. The number of anilines is 2. The molecule has 0 aliphatic carbocycles. The number of ether oxygens (including phenoxy) is 1. The molecule has 0 saturated carbocycles. The monoisotopic (exact) mass is 284 g/mol. The van der Waals surface area contributed by atoms with E-state index in [0.29, 0.717) is 11.8 Å². The van der Waals surface area contributed by atoms with Crippen LogP contribution in [0.25, 0.3) is 0 Å². The number of nitrogens with one attached hydrogen (secondary N) is 2. The number of sulfonamides is 1. The highest BCUT2D eigenvalue weighted by atomic mass is 32.2. The van der Waals surface area contributed by atoms with Gasteiger partial charge < -0.3 is 10.1 Å². The number of hydrogen-bond acceptors (Lipinski definition) is 4. The molecular weight excluding hydrogens is 264 g/mol. The number of rotatable bonds is 6. The van der Waals surface area contributed by atoms with Gasteiger partial charge in [-0.2, -0.15) is 0 Å². The van der Waals surface area contributed by atoms with Gasteiger partial charge in [0.05, 0.1) is 11.9 Å². The van der Waals surface area contributed by atoms with Crippen molar-refractivity contribution in [2.75, 3.05) is 28.9 Å². The average molecular weight is 284 g/mol. The molecule has 1 fully saturated rings. The Labute approximate surface area is 114 Å². The standard InChI is InChI=1S/C13H20N2O3S/c1-2-19(16,17)15-12-7-5-11(6-8-12)14-10-13-4-3-9-18-13/h5-8,13-15H,2-4,9-10H2,1H3. The molecule has 0 spiro atoms. The Morgan fingerprint density at radius 2 is 1.95 bits per heavy atom. The molecule has 0 bridgehead atoms. The molecular formula is C13H20N2O3S. The maximum Gasteiger partial charge on any atom is 0.232 e. The van der Waals surface area contributed by atoms with Crippen LogP contribution in [-0.4, -0.2) is 33.4 Å². The van der Waals surface area contributed by atoms with Crippen LogP contribution >= 0.6 is 0 Å². The van der Waals surface area contributed by atoms with E-state index in [-0.39, 0.29) is 5.75 Å². The van der Waals surface area contributed by atoms with Crippen LogP contribution in [-0.2, 0) is 14.8 Å². The van der Waals surface area contributed by atoms with Crippen molar-refractivity contribution < 1.29 is 13.2 Å². The number of benzene rings is 1. The van der Waals surface area contributed by atoms with Gasteiger partial charge in [-0.25, -0.2) is 8.42 Å². The first kappa shape index (κ1) is 14.1. The molecule has 5 nitrogen and oxygen atoms in total. The van der Waals surface area contributed by atoms with Crippen LogP contribution in [0.4, 0.5) is 11.4 Å². The molecule has 1 aromatic rings. The number of hydrogen-bond donors (Lipinski definition) is 2. The summed E-state index contributed by atoms with van der Waals surface area (Å²) < 4.78 is 30.9. The van der Waals surface area contributed by atoms with Crippen molar-refractivity contribution in [3.05, 3.63) is 24.3 Å². The van der Waals surface area contributed by atoms with Crippen LogP contribution in [0, 0.1) is 0 Å². The Kier molecular flexibility index (Phi) is 4.66. The fourth-order valence-corrected chi connectivity index (χ4v) is 2.58. The third-order valence-electron chi connectivity index (χ3n) is 3.10. The van der Waals surface area contributed by atoms with Crippen LogP contribution in [0.3, 0.4) is 0 Å². The molecule has 2 N–H and O–H groups in total. The predicted molar refractivity (Wildman–Crippen MR) is 77.0 cm³/mol. The van der Waals surface area contributed by atoms with Gasteiger partial charge in [0.25, 0.3) is 0 Å². The van der Waals surface area contributed by atoms with E-state index in [1.165, 1.54) is 0 Å². The van der Waals surface area contributed by atoms with E-state index in [4.69, 9.17) is 4.74 Å². The van der Waals surface area contributed by atoms with Gasteiger partial charge in [0, 0.05) is 24.5 Å². The highest BCUT2D eigenvalue weighted by Gasteiger charge is 2.14. The summed E-state index contributed by atoms with van der Waals surface area (Å²) in [5.41, 5.74) is 1.56. The van der Waals surface area contributed by atoms with E-state index < -0.39 is 10.0 Å². The average Bonchev–Trinajstić information content (AvgIpc) is 2.91. The molecule has 1 aromatic carbocycles. The molecule has 0 aromatic heterocycles. The summed E-state index contributed by atoms with van der Waals surface area (Å²) in [7, 11) is -3.20. The van der Waals surface area contributed by atoms with Crippen molar-refractivity contribution in [2.45, 2.75) is 25.9 Å². The quantitative estimate of drug-likeness (QED) is 0.839. The second-order valence-electron chi connectivity index (χ2n) is 4.60. The summed E-state index contributed by atoms with van der Waals surface area (Å²) in [6.45, 7) is 3.25. The molecule has 1 aliphatic rings. The van der Waals surface area contributed by atoms with E-state index in [9.17, 15) is 8.42 Å². The van der Waals surface area contributed by atoms with Crippen LogP contribution < -0.4 is 10.0 Å². The fraction of sp³-hybridized carbons (Fsp3) is 0.538. The first-order valence-corrected chi connectivity index (χ1v) is 8.20. The minimum absolute atomic E-state index is 0.0754. The zero-order chi connectivity index (χ0) is 13.7. The Balaban J connectivity index is 1.87. The Morgan fingerprint density at radius 3 is 2.53 bits per heavy atom. The largest absolute Gasteiger partial charge is 0.382 e. The summed E-state index contributed by atoms with van der Waals surface area (Å²) in [4.78, 5) is 0. The van der Waals surface area contributed by atoms with Crippen LogP contribution in [0.5, 0.6) is 0 Å². The lowest BCUT2D eigenvalue weighted by molar-refractivity contribution is 0.120. The molecule has 19 heavy (non-hydrogen) atoms. The topological polar surface area (TPSA) is 67.4 Å². The molecule has 1 aliphatic heterocycles. The van der Waals surface area contributed by atoms with Crippen molar-refractivity contribution in [3.63, 3.8) is 0 Å². The molecule has 0 amide bonds. The van der Waals surface area contributed by atoms with Crippen molar-refractivity contribution in [2.24, 2.45) is 0 Å². The Hall–Kier alpha value is -1.27. The molecule has 6 heteroatoms. The van der Waals surface area contributed by atoms with Crippen molar-refractivity contribution in [3.8, 4) is 0 Å². The smallest absolute Gasteiger partial charge is 0.232 e. The molecule has 1 saturated heterocycles. The third kappa shape index (κ3) is 4.40. The molecule has 106 valence electrons. The van der Waals surface area contributed by atoms with Crippen molar-refractivity contribution in [1.29, 1.82) is 0 Å². The third-order valence-corrected chi connectivity index (χ3v) is 4.40. The van der Waals surface area contributed by atoms with Crippen LogP contribution in [0.15, 0.2) is 24.3 Å². The van der Waals surface area contributed by atoms with Gasteiger partial charge in [-0.05, 0) is 44.0 Å². The van der Waals surface area contributed by atoms with Crippen molar-refractivity contribution in [1.82, 2.24) is 0 Å². The van der Waals surface area contributed by atoms with E-state index in [2.05, 4.69) is 10.0 Å². The summed E-state index contributed by atoms with van der Waals surface area (Å²) in [6, 6.07) is 7.24. The second-order valence-corrected chi connectivity index (χ2v) is 6.61. The summed E-state index contributed by atoms with van der Waals surface area (Å²) in [5, 5.41) is 3.29. The lowest BCUT2D eigenvalue weighted by Crippen LogP contribution is -2.18. The van der Waals surface area contributed by atoms with E-state index in [0.717, 1.165) is 31.7 Å². The van der Waals surface area contributed by atoms with Gasteiger partial charge >= 0.3 is 0 Å². The maximum atomic E-state index is 11.4. The Morgan fingerprint density at radius 1 is 1.26 bits per heavy atom. The minimum atomic E-state index is -3.20. The van der Waals surface area contributed by atoms with Gasteiger partial charge in [-0.15, -0.1) is 0 Å². The van der Waals surface area contributed by atoms with E-state index in [1.54, 1.807) is 19.1 Å². The second kappa shape index (κ2) is 6.25. The molecule has 0 radical (unpaired) electrons. The summed E-state index contributed by atoms with van der Waals surface area (Å²) in [6.07, 6.45) is 2.52. The predicted octanol–water partition coefficient (Wildman–Crippen LogP) is 2.04. The van der Waals surface area contributed by atoms with E-state index >= 15 is 0 Å².